The second kappa shape index (κ2) is 5.65. The van der Waals surface area contributed by atoms with Gasteiger partial charge in [-0.3, -0.25) is 4.79 Å². The van der Waals surface area contributed by atoms with E-state index in [9.17, 15) is 4.79 Å². The molecule has 4 heteroatoms. The Morgan fingerprint density at radius 2 is 2.00 bits per heavy atom. The SMILES string of the molecule is CC1CSCCN1C(=O)C1CCC(N)C(C)C1(C)C. The zero-order chi connectivity index (χ0) is 14.2. The number of amides is 1. The van der Waals surface area contributed by atoms with E-state index in [1.54, 1.807) is 0 Å². The summed E-state index contributed by atoms with van der Waals surface area (Å²) in [5.74, 6) is 3.08. The van der Waals surface area contributed by atoms with Crippen molar-refractivity contribution in [2.75, 3.05) is 18.1 Å². The van der Waals surface area contributed by atoms with Gasteiger partial charge in [0.05, 0.1) is 0 Å². The zero-order valence-corrected chi connectivity index (χ0v) is 13.5. The average Bonchev–Trinajstić information content (AvgIpc) is 2.36. The molecule has 1 saturated carbocycles. The summed E-state index contributed by atoms with van der Waals surface area (Å²) in [6.07, 6.45) is 1.94. The van der Waals surface area contributed by atoms with Crippen LogP contribution in [-0.2, 0) is 4.79 Å². The van der Waals surface area contributed by atoms with Crippen LogP contribution in [0.3, 0.4) is 0 Å². The van der Waals surface area contributed by atoms with Crippen LogP contribution in [-0.4, -0.2) is 40.9 Å². The van der Waals surface area contributed by atoms with Crippen molar-refractivity contribution in [1.82, 2.24) is 4.90 Å². The summed E-state index contributed by atoms with van der Waals surface area (Å²) in [7, 11) is 0. The molecule has 1 heterocycles. The summed E-state index contributed by atoms with van der Waals surface area (Å²) in [5.41, 5.74) is 6.21. The molecule has 1 aliphatic carbocycles. The van der Waals surface area contributed by atoms with E-state index in [1.165, 1.54) is 0 Å². The molecule has 0 radical (unpaired) electrons. The lowest BCUT2D eigenvalue weighted by molar-refractivity contribution is -0.145. The summed E-state index contributed by atoms with van der Waals surface area (Å²) < 4.78 is 0. The molecule has 2 rings (SSSR count). The lowest BCUT2D eigenvalue weighted by Crippen LogP contribution is -2.55. The molecule has 2 aliphatic rings. The third kappa shape index (κ3) is 2.80. The molecule has 0 aromatic rings. The van der Waals surface area contributed by atoms with E-state index < -0.39 is 0 Å². The first-order valence-corrected chi connectivity index (χ1v) is 8.65. The standard InChI is InChI=1S/C15H28N2OS/c1-10-9-19-8-7-17(10)14(18)12-5-6-13(16)11(2)15(12,3)4/h10-13H,5-9,16H2,1-4H3. The van der Waals surface area contributed by atoms with Crippen molar-refractivity contribution in [1.29, 1.82) is 0 Å². The predicted molar refractivity (Wildman–Crippen MR) is 82.1 cm³/mol. The Hall–Kier alpha value is -0.220. The van der Waals surface area contributed by atoms with Gasteiger partial charge in [-0.2, -0.15) is 11.8 Å². The Balaban J connectivity index is 2.14. The minimum absolute atomic E-state index is 0.0130. The van der Waals surface area contributed by atoms with Crippen LogP contribution in [0.15, 0.2) is 0 Å². The van der Waals surface area contributed by atoms with Crippen molar-refractivity contribution in [2.45, 2.75) is 52.6 Å². The van der Waals surface area contributed by atoms with Crippen molar-refractivity contribution in [2.24, 2.45) is 23.0 Å². The van der Waals surface area contributed by atoms with Gasteiger partial charge in [0.15, 0.2) is 0 Å². The summed E-state index contributed by atoms with van der Waals surface area (Å²) in [5, 5.41) is 0. The lowest BCUT2D eigenvalue weighted by atomic mass is 9.60. The molecule has 4 unspecified atom stereocenters. The highest BCUT2D eigenvalue weighted by Crippen LogP contribution is 2.45. The molecule has 1 amide bonds. The van der Waals surface area contributed by atoms with Crippen molar-refractivity contribution < 1.29 is 4.79 Å². The van der Waals surface area contributed by atoms with Gasteiger partial charge in [-0.05, 0) is 31.1 Å². The van der Waals surface area contributed by atoms with E-state index in [1.807, 2.05) is 11.8 Å². The normalized spacial score (nSPS) is 39.1. The van der Waals surface area contributed by atoms with Crippen molar-refractivity contribution in [3.63, 3.8) is 0 Å². The molecule has 0 spiro atoms. The quantitative estimate of drug-likeness (QED) is 0.804. The largest absolute Gasteiger partial charge is 0.338 e. The molecule has 0 aromatic carbocycles. The molecule has 0 bridgehead atoms. The molecule has 1 saturated heterocycles. The molecule has 3 nitrogen and oxygen atoms in total. The second-order valence-electron chi connectivity index (χ2n) is 6.86. The van der Waals surface area contributed by atoms with Crippen LogP contribution in [0.25, 0.3) is 0 Å². The first-order chi connectivity index (χ1) is 8.85. The monoisotopic (exact) mass is 284 g/mol. The van der Waals surface area contributed by atoms with Gasteiger partial charge >= 0.3 is 0 Å². The fourth-order valence-corrected chi connectivity index (χ4v) is 4.56. The van der Waals surface area contributed by atoms with Gasteiger partial charge in [-0.25, -0.2) is 0 Å². The molecule has 1 aliphatic heterocycles. The molecular weight excluding hydrogens is 256 g/mol. The van der Waals surface area contributed by atoms with Crippen molar-refractivity contribution >= 4 is 17.7 Å². The van der Waals surface area contributed by atoms with Crippen LogP contribution in [0.1, 0.15) is 40.5 Å². The van der Waals surface area contributed by atoms with Crippen molar-refractivity contribution in [3.05, 3.63) is 0 Å². The van der Waals surface area contributed by atoms with Crippen LogP contribution in [0.5, 0.6) is 0 Å². The minimum Gasteiger partial charge on any atom is -0.338 e. The van der Waals surface area contributed by atoms with Gasteiger partial charge in [0.2, 0.25) is 5.91 Å². The number of nitrogens with two attached hydrogens (primary N) is 1. The van der Waals surface area contributed by atoms with Gasteiger partial charge < -0.3 is 10.6 Å². The number of carbonyl (C=O) groups excluding carboxylic acids is 1. The van der Waals surface area contributed by atoms with Crippen LogP contribution in [0.4, 0.5) is 0 Å². The van der Waals surface area contributed by atoms with E-state index in [2.05, 4.69) is 32.6 Å². The highest BCUT2D eigenvalue weighted by molar-refractivity contribution is 7.99. The smallest absolute Gasteiger partial charge is 0.226 e. The zero-order valence-electron chi connectivity index (χ0n) is 12.7. The first-order valence-electron chi connectivity index (χ1n) is 7.49. The third-order valence-corrected chi connectivity index (χ3v) is 6.64. The maximum Gasteiger partial charge on any atom is 0.226 e. The van der Waals surface area contributed by atoms with E-state index in [4.69, 9.17) is 5.73 Å². The first kappa shape index (κ1) is 15.2. The molecule has 0 aromatic heterocycles. The predicted octanol–water partition coefficient (Wildman–Crippen LogP) is 2.35. The topological polar surface area (TPSA) is 46.3 Å². The summed E-state index contributed by atoms with van der Waals surface area (Å²) in [6.45, 7) is 9.75. The lowest BCUT2D eigenvalue weighted by Gasteiger charge is -2.48. The summed E-state index contributed by atoms with van der Waals surface area (Å²) in [4.78, 5) is 15.0. The minimum atomic E-state index is 0.0130. The number of hydrogen-bond acceptors (Lipinski definition) is 3. The van der Waals surface area contributed by atoms with Crippen LogP contribution in [0, 0.1) is 17.3 Å². The van der Waals surface area contributed by atoms with Gasteiger partial charge in [0, 0.05) is 36.1 Å². The highest BCUT2D eigenvalue weighted by Gasteiger charge is 2.46. The fraction of sp³-hybridized carbons (Fsp3) is 0.933. The molecule has 19 heavy (non-hydrogen) atoms. The molecular formula is C15H28N2OS. The van der Waals surface area contributed by atoms with E-state index in [0.717, 1.165) is 30.9 Å². The number of thioether (sulfide) groups is 1. The third-order valence-electron chi connectivity index (χ3n) is 5.45. The summed E-state index contributed by atoms with van der Waals surface area (Å²) in [6, 6.07) is 0.626. The van der Waals surface area contributed by atoms with E-state index >= 15 is 0 Å². The van der Waals surface area contributed by atoms with Crippen LogP contribution in [0.2, 0.25) is 0 Å². The molecule has 2 N–H and O–H groups in total. The average molecular weight is 284 g/mol. The van der Waals surface area contributed by atoms with Gasteiger partial charge in [-0.1, -0.05) is 20.8 Å². The number of nitrogens with zero attached hydrogens (tertiary/aromatic N) is 1. The Kier molecular flexibility index (Phi) is 4.51. The highest BCUT2D eigenvalue weighted by atomic mass is 32.2. The molecule has 110 valence electrons. The maximum absolute atomic E-state index is 12.9. The Labute approximate surface area is 121 Å². The number of hydrogen-bond donors (Lipinski definition) is 1. The van der Waals surface area contributed by atoms with Crippen LogP contribution < -0.4 is 5.73 Å². The molecule has 2 fully saturated rings. The van der Waals surface area contributed by atoms with Gasteiger partial charge in [-0.15, -0.1) is 0 Å². The van der Waals surface area contributed by atoms with Crippen molar-refractivity contribution in [3.8, 4) is 0 Å². The Morgan fingerprint density at radius 3 is 2.63 bits per heavy atom. The van der Waals surface area contributed by atoms with Gasteiger partial charge in [0.1, 0.15) is 0 Å². The Bertz CT molecular complexity index is 345. The number of rotatable bonds is 1. The molecule has 4 atom stereocenters. The van der Waals surface area contributed by atoms with Crippen LogP contribution >= 0.6 is 11.8 Å². The van der Waals surface area contributed by atoms with E-state index in [-0.39, 0.29) is 17.4 Å². The van der Waals surface area contributed by atoms with E-state index in [0.29, 0.717) is 17.9 Å². The van der Waals surface area contributed by atoms with Gasteiger partial charge in [0.25, 0.3) is 0 Å². The maximum atomic E-state index is 12.9. The summed E-state index contributed by atoms with van der Waals surface area (Å²) >= 11 is 1.96. The Morgan fingerprint density at radius 1 is 1.32 bits per heavy atom. The fourth-order valence-electron chi connectivity index (χ4n) is 3.55. The number of carbonyl (C=O) groups is 1. The second-order valence-corrected chi connectivity index (χ2v) is 8.01.